The van der Waals surface area contributed by atoms with E-state index in [-0.39, 0.29) is 13.3 Å². The minimum absolute atomic E-state index is 0.165. The minimum Gasteiger partial charge on any atom is -0.314 e. The van der Waals surface area contributed by atoms with Gasteiger partial charge in [0.1, 0.15) is 0 Å². The number of benzene rings is 1. The first-order valence-corrected chi connectivity index (χ1v) is 17.6. The molecule has 3 atom stereocenters. The van der Waals surface area contributed by atoms with Crippen molar-refractivity contribution in [3.63, 3.8) is 0 Å². The molecule has 0 aromatic heterocycles. The second-order valence-electron chi connectivity index (χ2n) is 10.9. The summed E-state index contributed by atoms with van der Waals surface area (Å²) in [5, 5.41) is 16.7. The van der Waals surface area contributed by atoms with Crippen LogP contribution in [0.4, 0.5) is 0 Å². The molecule has 3 rings (SSSR count). The molecular weight excluding hydrogens is 422 g/mol. The van der Waals surface area contributed by atoms with Crippen LogP contribution < -0.4 is 26.5 Å². The molecule has 4 N–H and O–H groups in total. The highest BCUT2D eigenvalue weighted by Gasteiger charge is 2.35. The first kappa shape index (κ1) is 24.8. The van der Waals surface area contributed by atoms with Gasteiger partial charge in [-0.05, 0) is 34.4 Å². The van der Waals surface area contributed by atoms with Crippen molar-refractivity contribution in [3.05, 3.63) is 28.8 Å². The van der Waals surface area contributed by atoms with Crippen LogP contribution in [0, 0.1) is 0 Å². The summed E-state index contributed by atoms with van der Waals surface area (Å²) in [5.41, 5.74) is 5.01. The van der Waals surface area contributed by atoms with E-state index in [9.17, 15) is 0 Å². The summed E-state index contributed by atoms with van der Waals surface area (Å²) in [6, 6.07) is 4.91. The van der Waals surface area contributed by atoms with Gasteiger partial charge in [-0.3, -0.25) is 0 Å². The maximum Gasteiger partial charge on any atom is 0.0779 e. The third kappa shape index (κ3) is 5.92. The van der Waals surface area contributed by atoms with Crippen molar-refractivity contribution in [3.8, 4) is 0 Å². The molecule has 1 aromatic carbocycles. The van der Waals surface area contributed by atoms with Crippen molar-refractivity contribution >= 4 is 30.4 Å². The number of nitrogens with one attached hydrogen (secondary N) is 4. The highest BCUT2D eigenvalue weighted by molar-refractivity contribution is 7.58. The fourth-order valence-corrected chi connectivity index (χ4v) is 10.2. The Morgan fingerprint density at radius 1 is 0.967 bits per heavy atom. The van der Waals surface area contributed by atoms with Crippen molar-refractivity contribution in [2.45, 2.75) is 69.7 Å². The normalized spacial score (nSPS) is 24.6. The van der Waals surface area contributed by atoms with Gasteiger partial charge in [-0.15, -0.1) is 9.24 Å². The lowest BCUT2D eigenvalue weighted by Crippen LogP contribution is -2.53. The lowest BCUT2D eigenvalue weighted by atomic mass is 9.82. The van der Waals surface area contributed by atoms with Crippen LogP contribution in [-0.2, 0) is 17.7 Å². The second kappa shape index (κ2) is 10.4. The van der Waals surface area contributed by atoms with E-state index >= 15 is 0 Å². The maximum absolute atomic E-state index is 3.88. The number of hydrogen-bond donors (Lipinski definition) is 4. The van der Waals surface area contributed by atoms with E-state index in [4.69, 9.17) is 0 Å². The van der Waals surface area contributed by atoms with Crippen molar-refractivity contribution in [2.75, 3.05) is 39.3 Å². The van der Waals surface area contributed by atoms with Crippen LogP contribution in [0.2, 0.25) is 19.6 Å². The average molecular weight is 467 g/mol. The summed E-state index contributed by atoms with van der Waals surface area (Å²) in [4.78, 5) is 0. The zero-order chi connectivity index (χ0) is 21.9. The molecule has 0 bridgehead atoms. The molecule has 2 aliphatic rings. The lowest BCUT2D eigenvalue weighted by Gasteiger charge is -2.41. The summed E-state index contributed by atoms with van der Waals surface area (Å²) in [6.45, 7) is 21.3. The molecule has 0 radical (unpaired) electrons. The molecule has 2 saturated heterocycles. The molecular formula is C23H44N4P2Si. The fourth-order valence-electron chi connectivity index (χ4n) is 4.91. The predicted molar refractivity (Wildman–Crippen MR) is 141 cm³/mol. The van der Waals surface area contributed by atoms with Gasteiger partial charge < -0.3 is 21.3 Å². The summed E-state index contributed by atoms with van der Waals surface area (Å²) >= 11 is 0. The molecule has 4 nitrogen and oxygen atoms in total. The smallest absolute Gasteiger partial charge is 0.0779 e. The van der Waals surface area contributed by atoms with Crippen molar-refractivity contribution in [2.24, 2.45) is 0 Å². The quantitative estimate of drug-likeness (QED) is 0.385. The average Bonchev–Trinajstić information content (AvgIpc) is 2.71. The molecule has 0 aliphatic carbocycles. The maximum atomic E-state index is 3.88. The van der Waals surface area contributed by atoms with Crippen LogP contribution in [0.5, 0.6) is 0 Å². The molecule has 170 valence electrons. The van der Waals surface area contributed by atoms with Gasteiger partial charge in [0.05, 0.1) is 8.07 Å². The van der Waals surface area contributed by atoms with E-state index in [1.807, 2.05) is 0 Å². The third-order valence-corrected chi connectivity index (χ3v) is 11.9. The third-order valence-electron chi connectivity index (χ3n) is 6.37. The zero-order valence-electron chi connectivity index (χ0n) is 20.0. The van der Waals surface area contributed by atoms with Crippen molar-refractivity contribution in [1.82, 2.24) is 21.3 Å². The summed E-state index contributed by atoms with van der Waals surface area (Å²) in [5.74, 6) is 1.15. The SMILES string of the molecule is CC(C)(C)c1c([Si](C)(C)C)ccc(CP)c1CP(C1CNCCN1)C1CNCCN1. The van der Waals surface area contributed by atoms with Crippen molar-refractivity contribution in [1.29, 1.82) is 0 Å². The molecule has 0 saturated carbocycles. The lowest BCUT2D eigenvalue weighted by molar-refractivity contribution is 0.472. The van der Waals surface area contributed by atoms with Crippen LogP contribution >= 0.6 is 17.2 Å². The Morgan fingerprint density at radius 2 is 1.53 bits per heavy atom. The number of rotatable bonds is 6. The highest BCUT2D eigenvalue weighted by Crippen LogP contribution is 2.50. The van der Waals surface area contributed by atoms with Gasteiger partial charge in [0.25, 0.3) is 0 Å². The zero-order valence-corrected chi connectivity index (χ0v) is 23.0. The van der Waals surface area contributed by atoms with Crippen LogP contribution in [0.3, 0.4) is 0 Å². The Hall–Kier alpha value is 0.137. The van der Waals surface area contributed by atoms with Crippen LogP contribution in [0.25, 0.3) is 0 Å². The Kier molecular flexibility index (Phi) is 8.57. The molecule has 0 spiro atoms. The predicted octanol–water partition coefficient (Wildman–Crippen LogP) is 2.92. The molecule has 2 aliphatic heterocycles. The number of hydrogen-bond acceptors (Lipinski definition) is 4. The van der Waals surface area contributed by atoms with Gasteiger partial charge in [0.15, 0.2) is 0 Å². The van der Waals surface area contributed by atoms with E-state index in [1.165, 1.54) is 11.7 Å². The fraction of sp³-hybridized carbons (Fsp3) is 0.739. The van der Waals surface area contributed by atoms with E-state index < -0.39 is 8.07 Å². The second-order valence-corrected chi connectivity index (χ2v) is 18.9. The minimum atomic E-state index is -1.44. The Labute approximate surface area is 189 Å². The van der Waals surface area contributed by atoms with E-state index in [0.717, 1.165) is 45.4 Å². The molecule has 30 heavy (non-hydrogen) atoms. The summed E-state index contributed by atoms with van der Waals surface area (Å²) < 4.78 is 0. The van der Waals surface area contributed by atoms with Gasteiger partial charge in [0.2, 0.25) is 0 Å². The molecule has 0 amide bonds. The molecule has 7 heteroatoms. The first-order valence-electron chi connectivity index (χ1n) is 11.6. The Morgan fingerprint density at radius 3 is 1.93 bits per heavy atom. The van der Waals surface area contributed by atoms with Gasteiger partial charge in [-0.25, -0.2) is 0 Å². The van der Waals surface area contributed by atoms with E-state index in [2.05, 4.69) is 83.1 Å². The Bertz CT molecular complexity index is 684. The summed E-state index contributed by atoms with van der Waals surface area (Å²) in [6.07, 6.45) is 2.25. The topological polar surface area (TPSA) is 48.1 Å². The van der Waals surface area contributed by atoms with Gasteiger partial charge >= 0.3 is 0 Å². The Balaban J connectivity index is 2.08. The number of piperazine rings is 2. The monoisotopic (exact) mass is 466 g/mol. The van der Waals surface area contributed by atoms with Gasteiger partial charge in [-0.2, -0.15) is 0 Å². The molecule has 3 unspecified atom stereocenters. The van der Waals surface area contributed by atoms with E-state index in [0.29, 0.717) is 11.6 Å². The van der Waals surface area contributed by atoms with Crippen LogP contribution in [0.15, 0.2) is 12.1 Å². The van der Waals surface area contributed by atoms with Crippen molar-refractivity contribution < 1.29 is 0 Å². The van der Waals surface area contributed by atoms with Crippen LogP contribution in [0.1, 0.15) is 37.5 Å². The summed E-state index contributed by atoms with van der Waals surface area (Å²) in [7, 11) is 1.31. The highest BCUT2D eigenvalue weighted by atomic mass is 31.1. The van der Waals surface area contributed by atoms with Gasteiger partial charge in [-0.1, -0.05) is 65.7 Å². The standard InChI is InChI=1S/C23H44N4P2Si/c1-23(2,3)22-18(17(15-28)7-8-19(22)30(4,5)6)16-29(20-13-24-9-11-26-20)21-14-25-10-12-27-21/h7-8,20-21,24-27H,9-16,28H2,1-6H3. The first-order chi connectivity index (χ1) is 14.1. The van der Waals surface area contributed by atoms with Crippen LogP contribution in [-0.4, -0.2) is 58.9 Å². The molecule has 2 heterocycles. The molecule has 1 aromatic rings. The van der Waals surface area contributed by atoms with Gasteiger partial charge in [0, 0.05) is 50.8 Å². The molecule has 2 fully saturated rings. The van der Waals surface area contributed by atoms with E-state index in [1.54, 1.807) is 16.3 Å². The largest absolute Gasteiger partial charge is 0.314 e.